The average molecular weight is 379 g/mol. The number of nitrogens with zero attached hydrogens (tertiary/aromatic N) is 1. The van der Waals surface area contributed by atoms with Gasteiger partial charge in [-0.05, 0) is 44.2 Å². The molecule has 0 radical (unpaired) electrons. The smallest absolute Gasteiger partial charge is 0.264 e. The third-order valence-electron chi connectivity index (χ3n) is 4.79. The quantitative estimate of drug-likeness (QED) is 0.664. The van der Waals surface area contributed by atoms with Crippen LogP contribution < -0.4 is 9.04 Å². The Balaban J connectivity index is 1.69. The normalized spacial score (nSPS) is 16.2. The maximum absolute atomic E-state index is 13.2. The van der Waals surface area contributed by atoms with Gasteiger partial charge in [-0.2, -0.15) is 0 Å². The third kappa shape index (κ3) is 3.30. The standard InChI is InChI=1S/C22H21NO3S/c1-16-7-11-18(12-8-16)26-22-15-23(21-6-4-3-5-20(21)22)27(24,25)19-13-9-17(2)10-14-19/h3-14,22H,15H2,1-2H3. The highest BCUT2D eigenvalue weighted by molar-refractivity contribution is 7.92. The van der Waals surface area contributed by atoms with Crippen molar-refractivity contribution in [1.82, 2.24) is 0 Å². The van der Waals surface area contributed by atoms with Crippen LogP contribution in [0.5, 0.6) is 5.75 Å². The molecule has 1 aliphatic heterocycles. The summed E-state index contributed by atoms with van der Waals surface area (Å²) in [6.07, 6.45) is -0.343. The molecule has 27 heavy (non-hydrogen) atoms. The zero-order valence-electron chi connectivity index (χ0n) is 15.3. The van der Waals surface area contributed by atoms with E-state index in [4.69, 9.17) is 4.74 Å². The molecule has 1 atom stereocenters. The van der Waals surface area contributed by atoms with Crippen molar-refractivity contribution in [3.63, 3.8) is 0 Å². The maximum Gasteiger partial charge on any atom is 0.264 e. The molecule has 1 heterocycles. The highest BCUT2D eigenvalue weighted by atomic mass is 32.2. The van der Waals surface area contributed by atoms with E-state index < -0.39 is 10.0 Å². The minimum Gasteiger partial charge on any atom is -0.484 e. The molecule has 0 aliphatic carbocycles. The summed E-state index contributed by atoms with van der Waals surface area (Å²) >= 11 is 0. The molecular weight excluding hydrogens is 358 g/mol. The first-order chi connectivity index (χ1) is 12.9. The lowest BCUT2D eigenvalue weighted by Crippen LogP contribution is -2.30. The Kier molecular flexibility index (Phi) is 4.40. The molecule has 0 saturated carbocycles. The summed E-state index contributed by atoms with van der Waals surface area (Å²) in [7, 11) is -3.65. The first-order valence-electron chi connectivity index (χ1n) is 8.87. The predicted octanol–water partition coefficient (Wildman–Crippen LogP) is 4.63. The fourth-order valence-electron chi connectivity index (χ4n) is 3.28. The molecule has 5 heteroatoms. The Morgan fingerprint density at radius 1 is 0.852 bits per heavy atom. The molecule has 0 fully saturated rings. The molecule has 138 valence electrons. The maximum atomic E-state index is 13.2. The lowest BCUT2D eigenvalue weighted by molar-refractivity contribution is 0.224. The molecule has 4 rings (SSSR count). The van der Waals surface area contributed by atoms with Crippen molar-refractivity contribution in [2.24, 2.45) is 0 Å². The summed E-state index contributed by atoms with van der Waals surface area (Å²) in [5.41, 5.74) is 3.73. The highest BCUT2D eigenvalue weighted by Gasteiger charge is 2.37. The molecule has 4 nitrogen and oxygen atoms in total. The van der Waals surface area contributed by atoms with Gasteiger partial charge >= 0.3 is 0 Å². The van der Waals surface area contributed by atoms with Gasteiger partial charge in [-0.3, -0.25) is 4.31 Å². The molecule has 0 bridgehead atoms. The number of anilines is 1. The van der Waals surface area contributed by atoms with Crippen molar-refractivity contribution >= 4 is 15.7 Å². The molecule has 0 spiro atoms. The van der Waals surface area contributed by atoms with E-state index in [1.807, 2.05) is 74.5 Å². The molecule has 0 saturated heterocycles. The van der Waals surface area contributed by atoms with Gasteiger partial charge in [0.05, 0.1) is 17.1 Å². The van der Waals surface area contributed by atoms with Crippen molar-refractivity contribution in [2.75, 3.05) is 10.8 Å². The van der Waals surface area contributed by atoms with E-state index in [9.17, 15) is 8.42 Å². The van der Waals surface area contributed by atoms with Crippen LogP contribution in [-0.4, -0.2) is 15.0 Å². The third-order valence-corrected chi connectivity index (χ3v) is 6.59. The molecule has 1 aliphatic rings. The van der Waals surface area contributed by atoms with E-state index in [0.717, 1.165) is 22.4 Å². The number of rotatable bonds is 4. The largest absolute Gasteiger partial charge is 0.484 e. The van der Waals surface area contributed by atoms with Gasteiger partial charge in [-0.1, -0.05) is 53.6 Å². The topological polar surface area (TPSA) is 46.6 Å². The van der Waals surface area contributed by atoms with Crippen LogP contribution in [0.25, 0.3) is 0 Å². The second-order valence-electron chi connectivity index (χ2n) is 6.83. The van der Waals surface area contributed by atoms with Crippen LogP contribution in [-0.2, 0) is 10.0 Å². The van der Waals surface area contributed by atoms with Crippen LogP contribution in [0.4, 0.5) is 5.69 Å². The first kappa shape index (κ1) is 17.6. The van der Waals surface area contributed by atoms with Crippen LogP contribution in [0.15, 0.2) is 77.7 Å². The van der Waals surface area contributed by atoms with E-state index in [0.29, 0.717) is 10.6 Å². The van der Waals surface area contributed by atoms with Crippen LogP contribution in [0, 0.1) is 13.8 Å². The predicted molar refractivity (Wildman–Crippen MR) is 107 cm³/mol. The van der Waals surface area contributed by atoms with Crippen molar-refractivity contribution in [2.45, 2.75) is 24.8 Å². The Bertz CT molecular complexity index is 1060. The number of benzene rings is 3. The summed E-state index contributed by atoms with van der Waals surface area (Å²) in [5, 5.41) is 0. The van der Waals surface area contributed by atoms with E-state index in [1.165, 1.54) is 4.31 Å². The van der Waals surface area contributed by atoms with Gasteiger partial charge in [0.15, 0.2) is 0 Å². The van der Waals surface area contributed by atoms with Gasteiger partial charge < -0.3 is 4.74 Å². The molecule has 0 amide bonds. The van der Waals surface area contributed by atoms with E-state index in [1.54, 1.807) is 12.1 Å². The minimum absolute atomic E-state index is 0.253. The molecule has 3 aromatic carbocycles. The number of hydrogen-bond acceptors (Lipinski definition) is 3. The van der Waals surface area contributed by atoms with Crippen LogP contribution in [0.1, 0.15) is 22.8 Å². The van der Waals surface area contributed by atoms with Crippen LogP contribution >= 0.6 is 0 Å². The minimum atomic E-state index is -3.65. The summed E-state index contributed by atoms with van der Waals surface area (Å²) in [5.74, 6) is 0.731. The van der Waals surface area contributed by atoms with Gasteiger partial charge in [0.25, 0.3) is 10.0 Å². The van der Waals surface area contributed by atoms with E-state index >= 15 is 0 Å². The summed E-state index contributed by atoms with van der Waals surface area (Å²) in [4.78, 5) is 0.291. The van der Waals surface area contributed by atoms with Gasteiger partial charge in [-0.25, -0.2) is 8.42 Å². The number of para-hydroxylation sites is 1. The highest BCUT2D eigenvalue weighted by Crippen LogP contribution is 2.40. The molecule has 0 N–H and O–H groups in total. The van der Waals surface area contributed by atoms with Crippen molar-refractivity contribution in [3.8, 4) is 5.75 Å². The summed E-state index contributed by atoms with van der Waals surface area (Å²) < 4.78 is 34.0. The first-order valence-corrected chi connectivity index (χ1v) is 10.3. The molecule has 3 aromatic rings. The van der Waals surface area contributed by atoms with Crippen molar-refractivity contribution < 1.29 is 13.2 Å². The second-order valence-corrected chi connectivity index (χ2v) is 8.69. The lowest BCUT2D eigenvalue weighted by atomic mass is 10.1. The molecular formula is C22H21NO3S. The summed E-state index contributed by atoms with van der Waals surface area (Å²) in [6, 6.07) is 22.3. The van der Waals surface area contributed by atoms with Gasteiger partial charge in [0.1, 0.15) is 11.9 Å². The second kappa shape index (κ2) is 6.74. The van der Waals surface area contributed by atoms with E-state index in [-0.39, 0.29) is 12.6 Å². The Hall–Kier alpha value is -2.79. The molecule has 0 aromatic heterocycles. The van der Waals surface area contributed by atoms with Crippen LogP contribution in [0.3, 0.4) is 0 Å². The Morgan fingerprint density at radius 2 is 1.44 bits per heavy atom. The van der Waals surface area contributed by atoms with Gasteiger partial charge in [0, 0.05) is 5.56 Å². The zero-order chi connectivity index (χ0) is 19.0. The SMILES string of the molecule is Cc1ccc(OC2CN(S(=O)(=O)c3ccc(C)cc3)c3ccccc32)cc1. The monoisotopic (exact) mass is 379 g/mol. The van der Waals surface area contributed by atoms with Crippen molar-refractivity contribution in [3.05, 3.63) is 89.5 Å². The van der Waals surface area contributed by atoms with Crippen LogP contribution in [0.2, 0.25) is 0 Å². The average Bonchev–Trinajstić information content (AvgIpc) is 3.03. The fourth-order valence-corrected chi connectivity index (χ4v) is 4.77. The number of hydrogen-bond donors (Lipinski definition) is 0. The van der Waals surface area contributed by atoms with Gasteiger partial charge in [0.2, 0.25) is 0 Å². The van der Waals surface area contributed by atoms with Gasteiger partial charge in [-0.15, -0.1) is 0 Å². The lowest BCUT2D eigenvalue weighted by Gasteiger charge is -2.20. The Morgan fingerprint density at radius 3 is 2.11 bits per heavy atom. The number of sulfonamides is 1. The Labute approximate surface area is 160 Å². The fraction of sp³-hybridized carbons (Fsp3) is 0.182. The number of aryl methyl sites for hydroxylation is 2. The van der Waals surface area contributed by atoms with Crippen molar-refractivity contribution in [1.29, 1.82) is 0 Å². The number of fused-ring (bicyclic) bond motifs is 1. The zero-order valence-corrected chi connectivity index (χ0v) is 16.1. The van der Waals surface area contributed by atoms with E-state index in [2.05, 4.69) is 0 Å². The number of ether oxygens (including phenoxy) is 1. The summed E-state index contributed by atoms with van der Waals surface area (Å²) in [6.45, 7) is 4.21. The molecule has 1 unspecified atom stereocenters.